The van der Waals surface area contributed by atoms with Crippen molar-refractivity contribution < 1.29 is 4.79 Å². The van der Waals surface area contributed by atoms with E-state index in [9.17, 15) is 4.79 Å². The predicted octanol–water partition coefficient (Wildman–Crippen LogP) is 2.90. The molecule has 2 aliphatic rings. The first-order valence-electron chi connectivity index (χ1n) is 6.58. The monoisotopic (exact) mass is 243 g/mol. The topological polar surface area (TPSA) is 20.3 Å². The number of hydrogen-bond acceptors (Lipinski definition) is 1. The normalized spacial score (nSPS) is 32.0. The van der Waals surface area contributed by atoms with Crippen LogP contribution in [0.3, 0.4) is 0 Å². The van der Waals surface area contributed by atoms with Crippen molar-refractivity contribution in [2.24, 2.45) is 17.8 Å². The van der Waals surface area contributed by atoms with Crippen LogP contribution in [0.1, 0.15) is 39.0 Å². The molecule has 2 saturated carbocycles. The fourth-order valence-electron chi connectivity index (χ4n) is 3.54. The first kappa shape index (κ1) is 12.2. The third-order valence-corrected chi connectivity index (χ3v) is 4.58. The highest BCUT2D eigenvalue weighted by Gasteiger charge is 2.40. The lowest BCUT2D eigenvalue weighted by Gasteiger charge is -2.25. The summed E-state index contributed by atoms with van der Waals surface area (Å²) in [5.41, 5.74) is 0. The third kappa shape index (κ3) is 2.53. The van der Waals surface area contributed by atoms with E-state index in [1.54, 1.807) is 0 Å². The van der Waals surface area contributed by atoms with Crippen LogP contribution < -0.4 is 0 Å². The van der Waals surface area contributed by atoms with Crippen molar-refractivity contribution in [3.63, 3.8) is 0 Å². The molecule has 0 saturated heterocycles. The van der Waals surface area contributed by atoms with Crippen LogP contribution in [-0.2, 0) is 4.79 Å². The zero-order valence-electron chi connectivity index (χ0n) is 10.1. The van der Waals surface area contributed by atoms with E-state index in [4.69, 9.17) is 11.6 Å². The quantitative estimate of drug-likeness (QED) is 0.680. The average Bonchev–Trinajstić information content (AvgIpc) is 2.87. The smallest absolute Gasteiger partial charge is 0.222 e. The number of fused-ring (bicyclic) bond motifs is 2. The zero-order valence-corrected chi connectivity index (χ0v) is 10.9. The summed E-state index contributed by atoms with van der Waals surface area (Å²) in [5.74, 6) is 3.34. The van der Waals surface area contributed by atoms with Crippen molar-refractivity contribution in [3.05, 3.63) is 0 Å². The van der Waals surface area contributed by atoms with Gasteiger partial charge in [0.1, 0.15) is 0 Å². The zero-order chi connectivity index (χ0) is 11.5. The minimum Gasteiger partial charge on any atom is -0.342 e. The van der Waals surface area contributed by atoms with Crippen LogP contribution in [0.5, 0.6) is 0 Å². The Morgan fingerprint density at radius 1 is 1.38 bits per heavy atom. The Labute approximate surface area is 103 Å². The van der Waals surface area contributed by atoms with Gasteiger partial charge in [0.05, 0.1) is 0 Å². The molecule has 16 heavy (non-hydrogen) atoms. The Bertz CT molecular complexity index is 256. The van der Waals surface area contributed by atoms with Gasteiger partial charge in [-0.25, -0.2) is 0 Å². The molecular weight excluding hydrogens is 222 g/mol. The molecule has 0 N–H and O–H groups in total. The van der Waals surface area contributed by atoms with Crippen molar-refractivity contribution in [1.82, 2.24) is 4.90 Å². The van der Waals surface area contributed by atoms with Gasteiger partial charge in [-0.3, -0.25) is 4.79 Å². The first-order valence-corrected chi connectivity index (χ1v) is 7.11. The van der Waals surface area contributed by atoms with E-state index in [0.29, 0.717) is 24.2 Å². The summed E-state index contributed by atoms with van der Waals surface area (Å²) < 4.78 is 0. The highest BCUT2D eigenvalue weighted by Crippen LogP contribution is 2.49. The van der Waals surface area contributed by atoms with Crippen LogP contribution in [0.25, 0.3) is 0 Å². The van der Waals surface area contributed by atoms with Crippen LogP contribution in [0.2, 0.25) is 0 Å². The van der Waals surface area contributed by atoms with E-state index in [1.165, 1.54) is 25.7 Å². The third-order valence-electron chi connectivity index (χ3n) is 4.41. The van der Waals surface area contributed by atoms with Crippen molar-refractivity contribution in [2.45, 2.75) is 39.0 Å². The Morgan fingerprint density at radius 2 is 2.19 bits per heavy atom. The molecule has 0 radical (unpaired) electrons. The van der Waals surface area contributed by atoms with Crippen LogP contribution in [0.15, 0.2) is 0 Å². The summed E-state index contributed by atoms with van der Waals surface area (Å²) in [6.45, 7) is 3.54. The lowest BCUT2D eigenvalue weighted by atomic mass is 9.86. The highest BCUT2D eigenvalue weighted by atomic mass is 35.5. The molecule has 3 atom stereocenters. The van der Waals surface area contributed by atoms with Gasteiger partial charge in [0.25, 0.3) is 0 Å². The molecule has 0 aromatic rings. The van der Waals surface area contributed by atoms with Crippen molar-refractivity contribution in [1.29, 1.82) is 0 Å². The molecule has 2 fully saturated rings. The lowest BCUT2D eigenvalue weighted by Crippen LogP contribution is -2.34. The molecule has 0 aromatic carbocycles. The van der Waals surface area contributed by atoms with Gasteiger partial charge in [-0.2, -0.15) is 0 Å². The van der Waals surface area contributed by atoms with Crippen LogP contribution in [-0.4, -0.2) is 29.8 Å². The average molecular weight is 244 g/mol. The van der Waals surface area contributed by atoms with Gasteiger partial charge in [-0.1, -0.05) is 6.42 Å². The summed E-state index contributed by atoms with van der Waals surface area (Å²) in [5, 5.41) is 0. The number of carbonyl (C=O) groups is 1. The second-order valence-electron chi connectivity index (χ2n) is 5.30. The van der Waals surface area contributed by atoms with E-state index in [2.05, 4.69) is 0 Å². The molecule has 3 heteroatoms. The molecule has 2 rings (SSSR count). The van der Waals surface area contributed by atoms with Crippen LogP contribution in [0, 0.1) is 17.8 Å². The minimum absolute atomic E-state index is 0.320. The molecule has 3 unspecified atom stereocenters. The maximum atomic E-state index is 12.1. The van der Waals surface area contributed by atoms with Crippen molar-refractivity contribution in [2.75, 3.05) is 19.0 Å². The largest absolute Gasteiger partial charge is 0.342 e. The van der Waals surface area contributed by atoms with Gasteiger partial charge < -0.3 is 4.90 Å². The summed E-state index contributed by atoms with van der Waals surface area (Å²) in [6, 6.07) is 0. The molecule has 2 nitrogen and oxygen atoms in total. The number of carbonyl (C=O) groups excluding carboxylic acids is 1. The van der Waals surface area contributed by atoms with Crippen molar-refractivity contribution >= 4 is 17.5 Å². The van der Waals surface area contributed by atoms with Crippen LogP contribution in [0.4, 0.5) is 0 Å². The van der Waals surface area contributed by atoms with E-state index >= 15 is 0 Å². The SMILES string of the molecule is CCN(CCCl)C(=O)CC1CC2CCC1C2. The van der Waals surface area contributed by atoms with E-state index in [0.717, 1.165) is 24.8 Å². The van der Waals surface area contributed by atoms with Crippen LogP contribution >= 0.6 is 11.6 Å². The molecule has 92 valence electrons. The van der Waals surface area contributed by atoms with Crippen molar-refractivity contribution in [3.8, 4) is 0 Å². The first-order chi connectivity index (χ1) is 7.74. The second kappa shape index (κ2) is 5.39. The minimum atomic E-state index is 0.320. The maximum absolute atomic E-state index is 12.1. The Hall–Kier alpha value is -0.240. The molecule has 2 aliphatic carbocycles. The molecular formula is C13H22ClNO. The fourth-order valence-corrected chi connectivity index (χ4v) is 3.75. The van der Waals surface area contributed by atoms with Gasteiger partial charge in [0.15, 0.2) is 0 Å². The highest BCUT2D eigenvalue weighted by molar-refractivity contribution is 6.18. The molecule has 0 spiro atoms. The maximum Gasteiger partial charge on any atom is 0.222 e. The standard InChI is InChI=1S/C13H22ClNO/c1-2-15(6-5-14)13(16)9-12-8-10-3-4-11(12)7-10/h10-12H,2-9H2,1H3. The van der Waals surface area contributed by atoms with Gasteiger partial charge in [0.2, 0.25) is 5.91 Å². The fraction of sp³-hybridized carbons (Fsp3) is 0.923. The number of rotatable bonds is 5. The van der Waals surface area contributed by atoms with E-state index in [1.807, 2.05) is 11.8 Å². The number of alkyl halides is 1. The Morgan fingerprint density at radius 3 is 2.69 bits per heavy atom. The van der Waals surface area contributed by atoms with Gasteiger partial charge in [-0.15, -0.1) is 11.6 Å². The molecule has 0 aliphatic heterocycles. The molecule has 1 amide bonds. The van der Waals surface area contributed by atoms with Gasteiger partial charge >= 0.3 is 0 Å². The van der Waals surface area contributed by atoms with E-state index < -0.39 is 0 Å². The Balaban J connectivity index is 1.82. The summed E-state index contributed by atoms with van der Waals surface area (Å²) in [6.07, 6.45) is 6.24. The summed E-state index contributed by atoms with van der Waals surface area (Å²) >= 11 is 5.70. The number of halogens is 1. The lowest BCUT2D eigenvalue weighted by molar-refractivity contribution is -0.132. The van der Waals surface area contributed by atoms with Gasteiger partial charge in [0, 0.05) is 25.4 Å². The molecule has 0 heterocycles. The number of amides is 1. The molecule has 2 bridgehead atoms. The molecule has 0 aromatic heterocycles. The van der Waals surface area contributed by atoms with E-state index in [-0.39, 0.29) is 0 Å². The second-order valence-corrected chi connectivity index (χ2v) is 5.68. The number of hydrogen-bond donors (Lipinski definition) is 0. The summed E-state index contributed by atoms with van der Waals surface area (Å²) in [7, 11) is 0. The summed E-state index contributed by atoms with van der Waals surface area (Å²) in [4.78, 5) is 14.0. The Kier molecular flexibility index (Phi) is 4.12. The van der Waals surface area contributed by atoms with Gasteiger partial charge in [-0.05, 0) is 43.9 Å². The predicted molar refractivity (Wildman–Crippen MR) is 66.5 cm³/mol. The number of nitrogens with zero attached hydrogens (tertiary/aromatic N) is 1.